The third-order valence-electron chi connectivity index (χ3n) is 4.80. The van der Waals surface area contributed by atoms with Gasteiger partial charge in [0.15, 0.2) is 0 Å². The maximum atomic E-state index is 12.0. The molecule has 5 N–H and O–H groups in total. The van der Waals surface area contributed by atoms with E-state index in [1.165, 1.54) is 41.5 Å². The zero-order valence-electron chi connectivity index (χ0n) is 14.2. The van der Waals surface area contributed by atoms with Gasteiger partial charge in [-0.1, -0.05) is 41.5 Å². The standard InChI is InChI=1S/C15H26O8/c1-7(2)13(8(3)4,10(16)17)15(23,12(20)21)14(22,9(5)6)11(18)19/h7-9,22-23H,1-6H3,(H,16,17)(H,18,19)(H,20,21)/t14-,15-/m1/s1. The minimum Gasteiger partial charge on any atom is -0.481 e. The van der Waals surface area contributed by atoms with E-state index in [0.29, 0.717) is 0 Å². The van der Waals surface area contributed by atoms with E-state index in [2.05, 4.69) is 0 Å². The van der Waals surface area contributed by atoms with Crippen LogP contribution in [-0.4, -0.2) is 54.6 Å². The molecule has 8 heteroatoms. The van der Waals surface area contributed by atoms with Crippen molar-refractivity contribution in [3.05, 3.63) is 0 Å². The Hall–Kier alpha value is -1.67. The highest BCUT2D eigenvalue weighted by atomic mass is 16.5. The lowest BCUT2D eigenvalue weighted by molar-refractivity contribution is -0.260. The van der Waals surface area contributed by atoms with Crippen LogP contribution in [0.5, 0.6) is 0 Å². The maximum absolute atomic E-state index is 12.0. The predicted molar refractivity (Wildman–Crippen MR) is 79.8 cm³/mol. The fourth-order valence-corrected chi connectivity index (χ4v) is 3.63. The molecule has 0 saturated carbocycles. The summed E-state index contributed by atoms with van der Waals surface area (Å²) in [5.74, 6) is -9.01. The Morgan fingerprint density at radius 1 is 0.652 bits per heavy atom. The smallest absolute Gasteiger partial charge is 0.340 e. The monoisotopic (exact) mass is 334 g/mol. The summed E-state index contributed by atoms with van der Waals surface area (Å²) in [5, 5.41) is 50.4. The number of rotatable bonds is 8. The molecule has 8 nitrogen and oxygen atoms in total. The van der Waals surface area contributed by atoms with Crippen LogP contribution in [0.25, 0.3) is 0 Å². The number of carboxylic acids is 3. The second kappa shape index (κ2) is 6.45. The molecular formula is C15H26O8. The molecule has 134 valence electrons. The van der Waals surface area contributed by atoms with Crippen molar-refractivity contribution in [3.8, 4) is 0 Å². The van der Waals surface area contributed by atoms with Crippen LogP contribution >= 0.6 is 0 Å². The minimum atomic E-state index is -3.45. The fraction of sp³-hybridized carbons (Fsp3) is 0.800. The third-order valence-corrected chi connectivity index (χ3v) is 4.80. The van der Waals surface area contributed by atoms with Gasteiger partial charge in [0.25, 0.3) is 0 Å². The van der Waals surface area contributed by atoms with Crippen LogP contribution in [0.2, 0.25) is 0 Å². The number of hydrogen-bond donors (Lipinski definition) is 5. The van der Waals surface area contributed by atoms with Crippen LogP contribution in [0.3, 0.4) is 0 Å². The highest BCUT2D eigenvalue weighted by Crippen LogP contribution is 2.52. The van der Waals surface area contributed by atoms with E-state index < -0.39 is 52.3 Å². The Morgan fingerprint density at radius 2 is 1.00 bits per heavy atom. The van der Waals surface area contributed by atoms with Gasteiger partial charge in [0.1, 0.15) is 5.41 Å². The average molecular weight is 334 g/mol. The van der Waals surface area contributed by atoms with Gasteiger partial charge in [-0.25, -0.2) is 9.59 Å². The molecule has 0 amide bonds. The number of carboxylic acid groups (broad SMARTS) is 3. The van der Waals surface area contributed by atoms with Crippen molar-refractivity contribution in [1.82, 2.24) is 0 Å². The molecule has 0 aromatic heterocycles. The van der Waals surface area contributed by atoms with Crippen molar-refractivity contribution in [2.24, 2.45) is 23.2 Å². The van der Waals surface area contributed by atoms with E-state index in [-0.39, 0.29) is 0 Å². The summed E-state index contributed by atoms with van der Waals surface area (Å²) in [5.41, 5.74) is -9.09. The molecule has 0 radical (unpaired) electrons. The van der Waals surface area contributed by atoms with Crippen molar-refractivity contribution in [2.75, 3.05) is 0 Å². The maximum Gasteiger partial charge on any atom is 0.340 e. The average Bonchev–Trinajstić information content (AvgIpc) is 2.35. The Labute approximate surface area is 134 Å². The van der Waals surface area contributed by atoms with Crippen LogP contribution < -0.4 is 0 Å². The zero-order valence-corrected chi connectivity index (χ0v) is 14.2. The molecule has 2 atom stereocenters. The summed E-state index contributed by atoms with van der Waals surface area (Å²) in [6.07, 6.45) is 0. The molecule has 23 heavy (non-hydrogen) atoms. The van der Waals surface area contributed by atoms with Gasteiger partial charge >= 0.3 is 17.9 Å². The molecule has 0 aliphatic heterocycles. The van der Waals surface area contributed by atoms with Gasteiger partial charge in [-0.3, -0.25) is 4.79 Å². The van der Waals surface area contributed by atoms with Crippen LogP contribution in [-0.2, 0) is 14.4 Å². The first-order valence-electron chi connectivity index (χ1n) is 7.31. The Kier molecular flexibility index (Phi) is 5.98. The topological polar surface area (TPSA) is 152 Å². The van der Waals surface area contributed by atoms with Gasteiger partial charge in [0.05, 0.1) is 0 Å². The van der Waals surface area contributed by atoms with Crippen molar-refractivity contribution >= 4 is 17.9 Å². The van der Waals surface area contributed by atoms with Crippen LogP contribution in [0, 0.1) is 23.2 Å². The second-order valence-corrected chi connectivity index (χ2v) is 6.73. The molecule has 0 saturated heterocycles. The van der Waals surface area contributed by atoms with Crippen LogP contribution in [0.4, 0.5) is 0 Å². The molecule has 0 aliphatic carbocycles. The Morgan fingerprint density at radius 3 is 1.13 bits per heavy atom. The van der Waals surface area contributed by atoms with Gasteiger partial charge < -0.3 is 25.5 Å². The van der Waals surface area contributed by atoms with Gasteiger partial charge in [-0.2, -0.15) is 0 Å². The number of aliphatic carboxylic acids is 3. The molecular weight excluding hydrogens is 308 g/mol. The predicted octanol–water partition coefficient (Wildman–Crippen LogP) is 0.657. The van der Waals surface area contributed by atoms with Gasteiger partial charge in [-0.15, -0.1) is 0 Å². The molecule has 0 aromatic rings. The number of carbonyl (C=O) groups is 3. The zero-order chi connectivity index (χ0) is 19.0. The summed E-state index contributed by atoms with van der Waals surface area (Å²) >= 11 is 0. The molecule has 0 fully saturated rings. The summed E-state index contributed by atoms with van der Waals surface area (Å²) in [7, 11) is 0. The molecule has 0 aromatic carbocycles. The van der Waals surface area contributed by atoms with E-state index >= 15 is 0 Å². The van der Waals surface area contributed by atoms with E-state index in [4.69, 9.17) is 0 Å². The van der Waals surface area contributed by atoms with Crippen molar-refractivity contribution < 1.29 is 39.9 Å². The Bertz CT molecular complexity index is 488. The van der Waals surface area contributed by atoms with Crippen LogP contribution in [0.1, 0.15) is 41.5 Å². The highest BCUT2D eigenvalue weighted by molar-refractivity contribution is 5.97. The lowest BCUT2D eigenvalue weighted by Crippen LogP contribution is -2.77. The van der Waals surface area contributed by atoms with Crippen LogP contribution in [0.15, 0.2) is 0 Å². The summed E-state index contributed by atoms with van der Waals surface area (Å²) in [6.45, 7) is 7.87. The van der Waals surface area contributed by atoms with Crippen molar-refractivity contribution in [2.45, 2.75) is 52.7 Å². The van der Waals surface area contributed by atoms with E-state index in [1.807, 2.05) is 0 Å². The quantitative estimate of drug-likeness (QED) is 0.434. The third kappa shape index (κ3) is 2.49. The summed E-state index contributed by atoms with van der Waals surface area (Å²) in [4.78, 5) is 35.6. The van der Waals surface area contributed by atoms with Gasteiger partial charge in [-0.05, 0) is 17.8 Å². The first kappa shape index (κ1) is 21.3. The first-order valence-corrected chi connectivity index (χ1v) is 7.31. The second-order valence-electron chi connectivity index (χ2n) is 6.73. The molecule has 0 heterocycles. The molecule has 0 aliphatic rings. The van der Waals surface area contributed by atoms with Gasteiger partial charge in [0, 0.05) is 0 Å². The van der Waals surface area contributed by atoms with Crippen molar-refractivity contribution in [3.63, 3.8) is 0 Å². The van der Waals surface area contributed by atoms with E-state index in [1.54, 1.807) is 0 Å². The first-order chi connectivity index (χ1) is 10.2. The number of hydrogen-bond acceptors (Lipinski definition) is 5. The molecule has 0 rings (SSSR count). The largest absolute Gasteiger partial charge is 0.481 e. The summed E-state index contributed by atoms with van der Waals surface area (Å²) < 4.78 is 0. The summed E-state index contributed by atoms with van der Waals surface area (Å²) in [6, 6.07) is 0. The minimum absolute atomic E-state index is 0.981. The van der Waals surface area contributed by atoms with E-state index in [0.717, 1.165) is 0 Å². The lowest BCUT2D eigenvalue weighted by atomic mass is 9.52. The van der Waals surface area contributed by atoms with Crippen molar-refractivity contribution in [1.29, 1.82) is 0 Å². The molecule has 0 bridgehead atoms. The highest BCUT2D eigenvalue weighted by Gasteiger charge is 2.76. The van der Waals surface area contributed by atoms with Gasteiger partial charge in [0.2, 0.25) is 11.2 Å². The normalized spacial score (nSPS) is 17.9. The SMILES string of the molecule is CC(C)C(C(=O)O)(C(C)C)[C@](O)(C(=O)O)[C@](O)(C(=O)O)C(C)C. The molecule has 0 spiro atoms. The van der Waals surface area contributed by atoms with E-state index in [9.17, 15) is 39.9 Å². The fourth-order valence-electron chi connectivity index (χ4n) is 3.63. The Balaban J connectivity index is 7.17. The lowest BCUT2D eigenvalue weighted by Gasteiger charge is -2.53. The number of aliphatic hydroxyl groups is 2. The molecule has 0 unspecified atom stereocenters.